The van der Waals surface area contributed by atoms with E-state index < -0.39 is 0 Å². The van der Waals surface area contributed by atoms with Crippen LogP contribution >= 0.6 is 0 Å². The molecule has 1 aliphatic carbocycles. The molecule has 1 saturated carbocycles. The van der Waals surface area contributed by atoms with Crippen LogP contribution < -0.4 is 10.6 Å². The minimum atomic E-state index is -0.103. The Bertz CT molecular complexity index is 986. The molecule has 1 fully saturated rings. The molecule has 2 aromatic carbocycles. The van der Waals surface area contributed by atoms with Crippen LogP contribution in [0.3, 0.4) is 0 Å². The van der Waals surface area contributed by atoms with Gasteiger partial charge >= 0.3 is 0 Å². The number of hydrogen-bond acceptors (Lipinski definition) is 2. The molecular formula is C21H21N3O2. The molecule has 5 nitrogen and oxygen atoms in total. The van der Waals surface area contributed by atoms with E-state index >= 15 is 0 Å². The van der Waals surface area contributed by atoms with Crippen LogP contribution in [0.25, 0.3) is 10.9 Å². The van der Waals surface area contributed by atoms with E-state index in [2.05, 4.69) is 10.6 Å². The zero-order valence-corrected chi connectivity index (χ0v) is 14.7. The van der Waals surface area contributed by atoms with E-state index in [4.69, 9.17) is 0 Å². The van der Waals surface area contributed by atoms with Crippen LogP contribution in [0.1, 0.15) is 28.8 Å². The van der Waals surface area contributed by atoms with Crippen molar-refractivity contribution in [3.63, 3.8) is 0 Å². The number of amides is 2. The second-order valence-corrected chi connectivity index (χ2v) is 6.82. The average Bonchev–Trinajstić information content (AvgIpc) is 3.45. The number of anilines is 1. The van der Waals surface area contributed by atoms with E-state index in [9.17, 15) is 9.59 Å². The van der Waals surface area contributed by atoms with Crippen molar-refractivity contribution < 1.29 is 9.59 Å². The van der Waals surface area contributed by atoms with Crippen LogP contribution in [-0.2, 0) is 18.4 Å². The van der Waals surface area contributed by atoms with Gasteiger partial charge in [-0.25, -0.2) is 0 Å². The first-order valence-electron chi connectivity index (χ1n) is 8.84. The standard InChI is InChI=1S/C21H21N3O2/c1-24-13-18(17-7-2-3-8-19(17)24)21(26)22-12-14-5-4-6-16(11-14)23-20(25)15-9-10-15/h2-8,11,13,15H,9-10,12H2,1H3,(H,22,26)(H,23,25). The summed E-state index contributed by atoms with van der Waals surface area (Å²) >= 11 is 0. The van der Waals surface area contributed by atoms with E-state index in [1.54, 1.807) is 0 Å². The summed E-state index contributed by atoms with van der Waals surface area (Å²) in [7, 11) is 1.94. The van der Waals surface area contributed by atoms with Crippen molar-refractivity contribution in [3.05, 3.63) is 65.9 Å². The molecule has 1 aliphatic rings. The monoisotopic (exact) mass is 347 g/mol. The van der Waals surface area contributed by atoms with Crippen molar-refractivity contribution in [1.29, 1.82) is 0 Å². The highest BCUT2D eigenvalue weighted by atomic mass is 16.2. The molecule has 1 heterocycles. The van der Waals surface area contributed by atoms with Gasteiger partial charge in [-0.1, -0.05) is 30.3 Å². The molecular weight excluding hydrogens is 326 g/mol. The van der Waals surface area contributed by atoms with Gasteiger partial charge in [-0.3, -0.25) is 9.59 Å². The van der Waals surface area contributed by atoms with E-state index in [1.807, 2.05) is 66.3 Å². The Morgan fingerprint density at radius 2 is 1.92 bits per heavy atom. The van der Waals surface area contributed by atoms with Crippen LogP contribution in [0.2, 0.25) is 0 Å². The Hall–Kier alpha value is -3.08. The fourth-order valence-corrected chi connectivity index (χ4v) is 3.15. The molecule has 2 amide bonds. The molecule has 0 aliphatic heterocycles. The first kappa shape index (κ1) is 16.4. The molecule has 0 radical (unpaired) electrons. The number of benzene rings is 2. The highest BCUT2D eigenvalue weighted by Gasteiger charge is 2.29. The fraction of sp³-hybridized carbons (Fsp3) is 0.238. The summed E-state index contributed by atoms with van der Waals surface area (Å²) in [6.45, 7) is 0.412. The lowest BCUT2D eigenvalue weighted by Gasteiger charge is -2.08. The summed E-state index contributed by atoms with van der Waals surface area (Å²) in [6.07, 6.45) is 3.81. The normalized spacial score (nSPS) is 13.6. The summed E-state index contributed by atoms with van der Waals surface area (Å²) in [4.78, 5) is 24.5. The average molecular weight is 347 g/mol. The molecule has 5 heteroatoms. The quantitative estimate of drug-likeness (QED) is 0.742. The van der Waals surface area contributed by atoms with Crippen LogP contribution in [0.4, 0.5) is 5.69 Å². The van der Waals surface area contributed by atoms with Crippen molar-refractivity contribution in [1.82, 2.24) is 9.88 Å². The number of carbonyl (C=O) groups excluding carboxylic acids is 2. The number of aromatic nitrogens is 1. The molecule has 132 valence electrons. The van der Waals surface area contributed by atoms with Gasteiger partial charge in [-0.05, 0) is 36.6 Å². The topological polar surface area (TPSA) is 63.1 Å². The van der Waals surface area contributed by atoms with Gasteiger partial charge in [0.25, 0.3) is 5.91 Å². The lowest BCUT2D eigenvalue weighted by molar-refractivity contribution is -0.117. The van der Waals surface area contributed by atoms with Crippen LogP contribution in [-0.4, -0.2) is 16.4 Å². The lowest BCUT2D eigenvalue weighted by atomic mass is 10.1. The molecule has 0 saturated heterocycles. The van der Waals surface area contributed by atoms with Crippen molar-refractivity contribution >= 4 is 28.4 Å². The molecule has 26 heavy (non-hydrogen) atoms. The second-order valence-electron chi connectivity index (χ2n) is 6.82. The summed E-state index contributed by atoms with van der Waals surface area (Å²) in [6, 6.07) is 15.5. The van der Waals surface area contributed by atoms with Gasteiger partial charge in [0.05, 0.1) is 5.56 Å². The number of para-hydroxylation sites is 1. The van der Waals surface area contributed by atoms with Gasteiger partial charge in [0, 0.05) is 42.3 Å². The van der Waals surface area contributed by atoms with E-state index in [-0.39, 0.29) is 17.7 Å². The number of fused-ring (bicyclic) bond motifs is 1. The number of rotatable bonds is 5. The van der Waals surface area contributed by atoms with E-state index in [0.29, 0.717) is 12.1 Å². The van der Waals surface area contributed by atoms with Crippen molar-refractivity contribution in [3.8, 4) is 0 Å². The molecule has 0 spiro atoms. The predicted molar refractivity (Wildman–Crippen MR) is 102 cm³/mol. The zero-order valence-electron chi connectivity index (χ0n) is 14.7. The Balaban J connectivity index is 1.44. The highest BCUT2D eigenvalue weighted by Crippen LogP contribution is 2.30. The third kappa shape index (κ3) is 3.33. The summed E-state index contributed by atoms with van der Waals surface area (Å²) in [5.74, 6) is 0.154. The van der Waals surface area contributed by atoms with Crippen LogP contribution in [0.15, 0.2) is 54.7 Å². The molecule has 0 atom stereocenters. The Labute approximate surface area is 152 Å². The number of nitrogens with one attached hydrogen (secondary N) is 2. The summed E-state index contributed by atoms with van der Waals surface area (Å²) in [5, 5.41) is 6.85. The molecule has 1 aromatic heterocycles. The minimum absolute atomic E-state index is 0.0851. The third-order valence-electron chi connectivity index (χ3n) is 4.74. The van der Waals surface area contributed by atoms with E-state index in [0.717, 1.165) is 35.0 Å². The third-order valence-corrected chi connectivity index (χ3v) is 4.74. The largest absolute Gasteiger partial charge is 0.350 e. The van der Waals surface area contributed by atoms with Gasteiger partial charge in [0.2, 0.25) is 5.91 Å². The molecule has 0 bridgehead atoms. The summed E-state index contributed by atoms with van der Waals surface area (Å²) < 4.78 is 1.96. The molecule has 4 rings (SSSR count). The molecule has 3 aromatic rings. The highest BCUT2D eigenvalue weighted by molar-refractivity contribution is 6.07. The maximum atomic E-state index is 12.6. The fourth-order valence-electron chi connectivity index (χ4n) is 3.15. The zero-order chi connectivity index (χ0) is 18.1. The molecule has 0 unspecified atom stereocenters. The SMILES string of the molecule is Cn1cc(C(=O)NCc2cccc(NC(=O)C3CC3)c2)c2ccccc21. The van der Waals surface area contributed by atoms with E-state index in [1.165, 1.54) is 0 Å². The summed E-state index contributed by atoms with van der Waals surface area (Å²) in [5.41, 5.74) is 3.43. The first-order chi connectivity index (χ1) is 12.6. The van der Waals surface area contributed by atoms with Gasteiger partial charge < -0.3 is 15.2 Å². The van der Waals surface area contributed by atoms with Crippen molar-refractivity contribution in [2.45, 2.75) is 19.4 Å². The van der Waals surface area contributed by atoms with Gasteiger partial charge in [-0.15, -0.1) is 0 Å². The maximum absolute atomic E-state index is 12.6. The first-order valence-corrected chi connectivity index (χ1v) is 8.84. The van der Waals surface area contributed by atoms with Crippen molar-refractivity contribution in [2.24, 2.45) is 13.0 Å². The molecule has 2 N–H and O–H groups in total. The van der Waals surface area contributed by atoms with Crippen molar-refractivity contribution in [2.75, 3.05) is 5.32 Å². The Kier molecular flexibility index (Phi) is 4.21. The van der Waals surface area contributed by atoms with Gasteiger partial charge in [0.1, 0.15) is 0 Å². The van der Waals surface area contributed by atoms with Crippen LogP contribution in [0, 0.1) is 5.92 Å². The van der Waals surface area contributed by atoms with Gasteiger partial charge in [-0.2, -0.15) is 0 Å². The Morgan fingerprint density at radius 1 is 1.12 bits per heavy atom. The smallest absolute Gasteiger partial charge is 0.253 e. The Morgan fingerprint density at radius 3 is 2.73 bits per heavy atom. The number of aryl methyl sites for hydroxylation is 1. The number of nitrogens with zero attached hydrogens (tertiary/aromatic N) is 1. The number of hydrogen-bond donors (Lipinski definition) is 2. The second kappa shape index (κ2) is 6.67. The number of carbonyl (C=O) groups is 2. The van der Waals surface area contributed by atoms with Gasteiger partial charge in [0.15, 0.2) is 0 Å². The predicted octanol–water partition coefficient (Wildman–Crippen LogP) is 3.46. The van der Waals surface area contributed by atoms with Crippen LogP contribution in [0.5, 0.6) is 0 Å². The minimum Gasteiger partial charge on any atom is -0.350 e. The lowest BCUT2D eigenvalue weighted by Crippen LogP contribution is -2.22. The maximum Gasteiger partial charge on any atom is 0.253 e.